The lowest BCUT2D eigenvalue weighted by atomic mass is 10.0. The molecule has 224 valence electrons. The van der Waals surface area contributed by atoms with Crippen LogP contribution in [0.2, 0.25) is 0 Å². The summed E-state index contributed by atoms with van der Waals surface area (Å²) in [6.07, 6.45) is 25.1. The van der Waals surface area contributed by atoms with Gasteiger partial charge in [-0.15, -0.1) is 0 Å². The van der Waals surface area contributed by atoms with E-state index < -0.39 is 0 Å². The number of ether oxygens (including phenoxy) is 3. The van der Waals surface area contributed by atoms with Gasteiger partial charge in [-0.25, -0.2) is 0 Å². The molecule has 1 aromatic heterocycles. The average molecular weight is 552 g/mol. The van der Waals surface area contributed by atoms with Gasteiger partial charge in [-0.1, -0.05) is 110 Å². The molecule has 0 spiro atoms. The second-order valence-corrected chi connectivity index (χ2v) is 11.8. The zero-order valence-corrected chi connectivity index (χ0v) is 25.7. The summed E-state index contributed by atoms with van der Waals surface area (Å²) in [5.74, 6) is 1.51. The van der Waals surface area contributed by atoms with Crippen molar-refractivity contribution in [3.63, 3.8) is 0 Å². The van der Waals surface area contributed by atoms with Crippen molar-refractivity contribution in [3.8, 4) is 17.0 Å². The number of benzene rings is 1. The number of pyridine rings is 1. The second-order valence-electron chi connectivity index (χ2n) is 11.8. The molecule has 1 aliphatic rings. The van der Waals surface area contributed by atoms with Crippen LogP contribution in [-0.4, -0.2) is 31.1 Å². The van der Waals surface area contributed by atoms with Crippen LogP contribution in [-0.2, 0) is 15.9 Å². The summed E-state index contributed by atoms with van der Waals surface area (Å²) in [5, 5.41) is 0. The Labute approximate surface area is 245 Å². The van der Waals surface area contributed by atoms with Crippen LogP contribution in [0.4, 0.5) is 0 Å². The van der Waals surface area contributed by atoms with Gasteiger partial charge in [0.15, 0.2) is 6.29 Å². The number of aromatic nitrogens is 1. The number of hydrogen-bond acceptors (Lipinski definition) is 4. The van der Waals surface area contributed by atoms with Crippen molar-refractivity contribution in [2.24, 2.45) is 5.92 Å². The molecule has 4 heteroatoms. The maximum absolute atomic E-state index is 6.05. The number of unbranched alkanes of at least 4 members (excludes halogenated alkanes) is 13. The lowest BCUT2D eigenvalue weighted by Gasteiger charge is -2.29. The third-order valence-electron chi connectivity index (χ3n) is 8.16. The summed E-state index contributed by atoms with van der Waals surface area (Å²) in [5.41, 5.74) is 3.35. The molecule has 1 aliphatic heterocycles. The Hall–Kier alpha value is -1.91. The first-order valence-corrected chi connectivity index (χ1v) is 16.7. The van der Waals surface area contributed by atoms with Gasteiger partial charge >= 0.3 is 0 Å². The molecule has 1 saturated heterocycles. The highest BCUT2D eigenvalue weighted by Crippen LogP contribution is 2.23. The van der Waals surface area contributed by atoms with Crippen molar-refractivity contribution >= 4 is 0 Å². The first kappa shape index (κ1) is 32.6. The Morgan fingerprint density at radius 1 is 0.675 bits per heavy atom. The molecular weight excluding hydrogens is 494 g/mol. The molecule has 0 bridgehead atoms. The Morgan fingerprint density at radius 3 is 1.88 bits per heavy atom. The zero-order valence-electron chi connectivity index (χ0n) is 25.7. The van der Waals surface area contributed by atoms with Crippen molar-refractivity contribution in [1.29, 1.82) is 0 Å². The van der Waals surface area contributed by atoms with Crippen LogP contribution in [0.1, 0.15) is 129 Å². The molecule has 0 N–H and O–H groups in total. The highest BCUT2D eigenvalue weighted by molar-refractivity contribution is 5.60. The average Bonchev–Trinajstić information content (AvgIpc) is 3.00. The quantitative estimate of drug-likeness (QED) is 0.136. The lowest BCUT2D eigenvalue weighted by molar-refractivity contribution is -0.203. The minimum atomic E-state index is -0.0805. The van der Waals surface area contributed by atoms with Gasteiger partial charge in [0.2, 0.25) is 0 Å². The maximum atomic E-state index is 6.05. The van der Waals surface area contributed by atoms with E-state index in [9.17, 15) is 0 Å². The van der Waals surface area contributed by atoms with Crippen LogP contribution in [0.25, 0.3) is 11.3 Å². The van der Waals surface area contributed by atoms with E-state index in [-0.39, 0.29) is 6.29 Å². The summed E-state index contributed by atoms with van der Waals surface area (Å²) in [6.45, 7) is 7.03. The van der Waals surface area contributed by atoms with Crippen LogP contribution in [0.15, 0.2) is 42.6 Å². The predicted molar refractivity (Wildman–Crippen MR) is 168 cm³/mol. The fourth-order valence-corrected chi connectivity index (χ4v) is 5.48. The standard InChI is InChI=1S/C36H57NO3/c1-3-5-7-9-11-12-14-16-18-32-29-39-36(40-30-32)26-20-31-19-25-35(37-28-31)33-21-23-34(24-22-33)38-27-17-15-13-10-8-6-4-2/h19,21-25,28,32,36H,3-18,20,26-27,29-30H2,1-2H3. The van der Waals surface area contributed by atoms with Crippen molar-refractivity contribution < 1.29 is 14.2 Å². The van der Waals surface area contributed by atoms with E-state index >= 15 is 0 Å². The topological polar surface area (TPSA) is 40.6 Å². The maximum Gasteiger partial charge on any atom is 0.157 e. The third-order valence-corrected chi connectivity index (χ3v) is 8.16. The summed E-state index contributed by atoms with van der Waals surface area (Å²) < 4.78 is 18.0. The minimum Gasteiger partial charge on any atom is -0.494 e. The Bertz CT molecular complexity index is 859. The normalized spacial score (nSPS) is 17.2. The van der Waals surface area contributed by atoms with Gasteiger partial charge in [0.25, 0.3) is 0 Å². The lowest BCUT2D eigenvalue weighted by Crippen LogP contribution is -2.32. The van der Waals surface area contributed by atoms with Gasteiger partial charge < -0.3 is 14.2 Å². The molecule has 0 aliphatic carbocycles. The van der Waals surface area contributed by atoms with Gasteiger partial charge in [-0.05, 0) is 55.2 Å². The largest absolute Gasteiger partial charge is 0.494 e. The molecule has 4 nitrogen and oxygen atoms in total. The van der Waals surface area contributed by atoms with Gasteiger partial charge in [0, 0.05) is 24.1 Å². The van der Waals surface area contributed by atoms with Crippen molar-refractivity contribution in [2.75, 3.05) is 19.8 Å². The number of rotatable bonds is 22. The van der Waals surface area contributed by atoms with E-state index in [1.54, 1.807) is 0 Å². The molecule has 40 heavy (non-hydrogen) atoms. The molecule has 3 rings (SSSR count). The molecule has 1 aromatic carbocycles. The molecule has 0 amide bonds. The fraction of sp³-hybridized carbons (Fsp3) is 0.694. The Kier molecular flexibility index (Phi) is 17.0. The molecular formula is C36H57NO3. The van der Waals surface area contributed by atoms with E-state index in [1.807, 2.05) is 6.20 Å². The van der Waals surface area contributed by atoms with Crippen LogP contribution >= 0.6 is 0 Å². The van der Waals surface area contributed by atoms with Crippen LogP contribution in [0, 0.1) is 5.92 Å². The summed E-state index contributed by atoms with van der Waals surface area (Å²) in [6, 6.07) is 12.6. The second kappa shape index (κ2) is 20.9. The van der Waals surface area contributed by atoms with Gasteiger partial charge in [-0.2, -0.15) is 0 Å². The van der Waals surface area contributed by atoms with Gasteiger partial charge in [0.1, 0.15) is 5.75 Å². The molecule has 2 aromatic rings. The van der Waals surface area contributed by atoms with Gasteiger partial charge in [0.05, 0.1) is 25.5 Å². The summed E-state index contributed by atoms with van der Waals surface area (Å²) in [7, 11) is 0. The summed E-state index contributed by atoms with van der Waals surface area (Å²) in [4.78, 5) is 4.72. The van der Waals surface area contributed by atoms with Crippen molar-refractivity contribution in [3.05, 3.63) is 48.2 Å². The van der Waals surface area contributed by atoms with Crippen molar-refractivity contribution in [1.82, 2.24) is 4.98 Å². The van der Waals surface area contributed by atoms with E-state index in [0.717, 1.165) is 56.1 Å². The predicted octanol–water partition coefficient (Wildman–Crippen LogP) is 10.3. The van der Waals surface area contributed by atoms with Crippen LogP contribution < -0.4 is 4.74 Å². The molecule has 1 fully saturated rings. The molecule has 2 heterocycles. The monoisotopic (exact) mass is 551 g/mol. The van der Waals surface area contributed by atoms with Crippen molar-refractivity contribution in [2.45, 2.75) is 136 Å². The van der Waals surface area contributed by atoms with Crippen LogP contribution in [0.3, 0.4) is 0 Å². The zero-order chi connectivity index (χ0) is 28.1. The molecule has 0 unspecified atom stereocenters. The molecule has 0 radical (unpaired) electrons. The number of hydrogen-bond donors (Lipinski definition) is 0. The first-order chi connectivity index (χ1) is 19.8. The third kappa shape index (κ3) is 13.6. The molecule has 0 saturated carbocycles. The number of nitrogens with zero attached hydrogens (tertiary/aromatic N) is 1. The smallest absolute Gasteiger partial charge is 0.157 e. The minimum absolute atomic E-state index is 0.0805. The van der Waals surface area contributed by atoms with Gasteiger partial charge in [-0.3, -0.25) is 4.98 Å². The highest BCUT2D eigenvalue weighted by atomic mass is 16.7. The summed E-state index contributed by atoms with van der Waals surface area (Å²) >= 11 is 0. The SMILES string of the molecule is CCCCCCCCCCC1COC(CCc2ccc(-c3ccc(OCCCCCCCCC)cc3)nc2)OC1. The Balaban J connectivity index is 1.25. The Morgan fingerprint density at radius 2 is 1.27 bits per heavy atom. The van der Waals surface area contributed by atoms with E-state index in [4.69, 9.17) is 19.2 Å². The molecule has 0 atom stereocenters. The highest BCUT2D eigenvalue weighted by Gasteiger charge is 2.21. The van der Waals surface area contributed by atoms with E-state index in [0.29, 0.717) is 5.92 Å². The first-order valence-electron chi connectivity index (χ1n) is 16.7. The number of aryl methyl sites for hydroxylation is 1. The van der Waals surface area contributed by atoms with E-state index in [1.165, 1.54) is 102 Å². The van der Waals surface area contributed by atoms with Crippen LogP contribution in [0.5, 0.6) is 5.75 Å². The fourth-order valence-electron chi connectivity index (χ4n) is 5.48. The van der Waals surface area contributed by atoms with E-state index in [2.05, 4.69) is 50.2 Å².